The van der Waals surface area contributed by atoms with Crippen LogP contribution < -0.4 is 16.4 Å². The number of hydrogen-bond donors (Lipinski definition) is 3. The molecule has 0 saturated carbocycles. The van der Waals surface area contributed by atoms with E-state index in [-0.39, 0.29) is 18.0 Å². The number of allylic oxidation sites excluding steroid dienone is 2. The number of nitrogens with two attached hydrogens (primary N) is 1. The van der Waals surface area contributed by atoms with Crippen LogP contribution in [0.15, 0.2) is 103 Å². The molecule has 0 fully saturated rings. The summed E-state index contributed by atoms with van der Waals surface area (Å²) < 4.78 is 1.46. The Balaban J connectivity index is 0.00000104. The predicted molar refractivity (Wildman–Crippen MR) is 173 cm³/mol. The van der Waals surface area contributed by atoms with Crippen molar-refractivity contribution in [2.75, 3.05) is 0 Å². The Hall–Kier alpha value is -5.31. The number of rotatable bonds is 10. The van der Waals surface area contributed by atoms with Crippen LogP contribution in [0, 0.1) is 6.92 Å². The lowest BCUT2D eigenvalue weighted by Crippen LogP contribution is -2.47. The third-order valence-corrected chi connectivity index (χ3v) is 6.21. The smallest absolute Gasteiger partial charge is 0.287 e. The van der Waals surface area contributed by atoms with Gasteiger partial charge in [0.15, 0.2) is 0 Å². The maximum atomic E-state index is 13.2. The number of benzene rings is 3. The van der Waals surface area contributed by atoms with Gasteiger partial charge in [-0.2, -0.15) is 5.10 Å². The number of Topliss-reactive ketones (excluding diaryl/α,β-unsaturated/α-hetero) is 1. The van der Waals surface area contributed by atoms with E-state index in [4.69, 9.17) is 5.73 Å². The fourth-order valence-corrected chi connectivity index (χ4v) is 3.95. The number of ketones is 1. The summed E-state index contributed by atoms with van der Waals surface area (Å²) in [6, 6.07) is 25.7. The SMILES string of the molecule is C/C=C\C.CC.Cc1cc(C(=O)NC(Cc2ccccc2)C(=O)C(N)=O)n(-c2ccc(CNC(=O)c3ccccc3)cc2)n1. The average molecular weight is 596 g/mol. The summed E-state index contributed by atoms with van der Waals surface area (Å²) in [7, 11) is 0. The van der Waals surface area contributed by atoms with Crippen molar-refractivity contribution in [2.45, 2.75) is 53.6 Å². The number of aryl methyl sites for hydroxylation is 1. The van der Waals surface area contributed by atoms with Gasteiger partial charge in [-0.1, -0.05) is 86.7 Å². The molecule has 0 saturated heterocycles. The summed E-state index contributed by atoms with van der Waals surface area (Å²) >= 11 is 0. The number of amides is 3. The first kappa shape index (κ1) is 34.9. The predicted octanol–water partition coefficient (Wildman–Crippen LogP) is 5.11. The minimum absolute atomic E-state index is 0.116. The van der Waals surface area contributed by atoms with E-state index in [1.165, 1.54) is 4.68 Å². The van der Waals surface area contributed by atoms with Crippen molar-refractivity contribution >= 4 is 23.5 Å². The summed E-state index contributed by atoms with van der Waals surface area (Å²) in [6.07, 6.45) is 4.12. The topological polar surface area (TPSA) is 136 Å². The van der Waals surface area contributed by atoms with Crippen molar-refractivity contribution in [1.29, 1.82) is 0 Å². The second-order valence-electron chi connectivity index (χ2n) is 9.41. The van der Waals surface area contributed by atoms with Gasteiger partial charge in [-0.15, -0.1) is 0 Å². The highest BCUT2D eigenvalue weighted by molar-refractivity contribution is 6.38. The quantitative estimate of drug-likeness (QED) is 0.173. The third kappa shape index (κ3) is 10.5. The molecule has 4 N–H and O–H groups in total. The molecular weight excluding hydrogens is 554 g/mol. The molecule has 44 heavy (non-hydrogen) atoms. The van der Waals surface area contributed by atoms with Gasteiger partial charge in [-0.05, 0) is 62.2 Å². The first-order chi connectivity index (χ1) is 21.2. The monoisotopic (exact) mass is 595 g/mol. The molecule has 4 aromatic rings. The summed E-state index contributed by atoms with van der Waals surface area (Å²) in [5.41, 5.74) is 8.85. The Labute approximate surface area is 259 Å². The van der Waals surface area contributed by atoms with Gasteiger partial charge in [0, 0.05) is 18.5 Å². The number of carbonyl (C=O) groups excluding carboxylic acids is 4. The molecule has 3 amide bonds. The van der Waals surface area contributed by atoms with Crippen molar-refractivity contribution < 1.29 is 19.2 Å². The van der Waals surface area contributed by atoms with Gasteiger partial charge in [-0.3, -0.25) is 19.2 Å². The first-order valence-electron chi connectivity index (χ1n) is 14.5. The molecule has 1 aromatic heterocycles. The Kier molecular flexibility index (Phi) is 14.5. The van der Waals surface area contributed by atoms with Crippen LogP contribution in [-0.4, -0.2) is 39.3 Å². The van der Waals surface area contributed by atoms with Gasteiger partial charge < -0.3 is 16.4 Å². The molecule has 0 radical (unpaired) electrons. The maximum absolute atomic E-state index is 13.2. The van der Waals surface area contributed by atoms with E-state index in [9.17, 15) is 19.2 Å². The summed E-state index contributed by atoms with van der Waals surface area (Å²) in [6.45, 7) is 10.1. The van der Waals surface area contributed by atoms with E-state index in [0.29, 0.717) is 23.5 Å². The van der Waals surface area contributed by atoms with Gasteiger partial charge in [0.2, 0.25) is 5.78 Å². The van der Waals surface area contributed by atoms with Crippen LogP contribution in [0.25, 0.3) is 5.69 Å². The van der Waals surface area contributed by atoms with E-state index in [0.717, 1.165) is 11.1 Å². The van der Waals surface area contributed by atoms with Crippen LogP contribution in [0.5, 0.6) is 0 Å². The van der Waals surface area contributed by atoms with Crippen LogP contribution in [0.3, 0.4) is 0 Å². The van der Waals surface area contributed by atoms with Gasteiger partial charge in [0.1, 0.15) is 11.7 Å². The zero-order chi connectivity index (χ0) is 32.5. The molecule has 0 spiro atoms. The van der Waals surface area contributed by atoms with E-state index in [2.05, 4.69) is 15.7 Å². The van der Waals surface area contributed by atoms with Gasteiger partial charge in [0.05, 0.1) is 11.4 Å². The average Bonchev–Trinajstić information content (AvgIpc) is 3.46. The Morgan fingerprint density at radius 3 is 1.93 bits per heavy atom. The van der Waals surface area contributed by atoms with Gasteiger partial charge in [0.25, 0.3) is 17.7 Å². The lowest BCUT2D eigenvalue weighted by molar-refractivity contribution is -0.137. The number of aromatic nitrogens is 2. The molecule has 1 unspecified atom stereocenters. The fourth-order valence-electron chi connectivity index (χ4n) is 3.95. The fraction of sp³-hybridized carbons (Fsp3) is 0.229. The normalized spacial score (nSPS) is 10.8. The molecule has 4 rings (SSSR count). The Morgan fingerprint density at radius 1 is 0.818 bits per heavy atom. The van der Waals surface area contributed by atoms with Crippen LogP contribution in [0.1, 0.15) is 65.4 Å². The van der Waals surface area contributed by atoms with E-state index in [1.54, 1.807) is 73.7 Å². The van der Waals surface area contributed by atoms with Gasteiger partial charge >= 0.3 is 0 Å². The van der Waals surface area contributed by atoms with Crippen LogP contribution in [0.2, 0.25) is 0 Å². The summed E-state index contributed by atoms with van der Waals surface area (Å²) in [4.78, 5) is 49.6. The second kappa shape index (κ2) is 18.3. The lowest BCUT2D eigenvalue weighted by atomic mass is 10.0. The Morgan fingerprint density at radius 2 is 1.39 bits per heavy atom. The number of nitrogens with one attached hydrogen (secondary N) is 2. The highest BCUT2D eigenvalue weighted by Gasteiger charge is 2.27. The zero-order valence-electron chi connectivity index (χ0n) is 25.9. The van der Waals surface area contributed by atoms with Crippen molar-refractivity contribution in [3.63, 3.8) is 0 Å². The van der Waals surface area contributed by atoms with E-state index in [1.807, 2.05) is 64.1 Å². The highest BCUT2D eigenvalue weighted by Crippen LogP contribution is 2.15. The molecule has 1 heterocycles. The van der Waals surface area contributed by atoms with Crippen molar-refractivity contribution in [3.05, 3.63) is 131 Å². The van der Waals surface area contributed by atoms with E-state index < -0.39 is 23.6 Å². The number of hydrogen-bond acceptors (Lipinski definition) is 5. The summed E-state index contributed by atoms with van der Waals surface area (Å²) in [5, 5.41) is 9.95. The van der Waals surface area contributed by atoms with Gasteiger partial charge in [-0.25, -0.2) is 4.68 Å². The molecular formula is C35H41N5O4. The van der Waals surface area contributed by atoms with Crippen molar-refractivity contribution in [1.82, 2.24) is 20.4 Å². The minimum atomic E-state index is -1.12. The first-order valence-corrected chi connectivity index (χ1v) is 14.5. The number of nitrogens with zero attached hydrogens (tertiary/aromatic N) is 2. The molecule has 0 bridgehead atoms. The van der Waals surface area contributed by atoms with Crippen LogP contribution in [0.4, 0.5) is 0 Å². The second-order valence-corrected chi connectivity index (χ2v) is 9.41. The van der Waals surface area contributed by atoms with Crippen LogP contribution >= 0.6 is 0 Å². The standard InChI is InChI=1S/C29H27N5O4.C4H8.C2H6/c1-19-16-25(29(38)32-24(26(35)27(30)36)17-20-8-4-2-5-9-20)34(33-19)23-14-12-21(13-15-23)18-31-28(37)22-10-6-3-7-11-22;1-3-4-2;1-2/h2-16,24H,17-18H2,1H3,(H2,30,36)(H,31,37)(H,32,38);3-4H,1-2H3;1-2H3/b;4-3-;. The summed E-state index contributed by atoms with van der Waals surface area (Å²) in [5.74, 6) is -2.75. The molecule has 0 aliphatic heterocycles. The van der Waals surface area contributed by atoms with Crippen LogP contribution in [-0.2, 0) is 22.6 Å². The minimum Gasteiger partial charge on any atom is -0.363 e. The lowest BCUT2D eigenvalue weighted by Gasteiger charge is -2.17. The molecule has 0 aliphatic rings. The third-order valence-electron chi connectivity index (χ3n) is 6.21. The zero-order valence-corrected chi connectivity index (χ0v) is 25.9. The van der Waals surface area contributed by atoms with Crippen molar-refractivity contribution in [3.8, 4) is 5.69 Å². The molecule has 230 valence electrons. The highest BCUT2D eigenvalue weighted by atomic mass is 16.2. The Bertz CT molecular complexity index is 1520. The molecule has 3 aromatic carbocycles. The van der Waals surface area contributed by atoms with Crippen molar-refractivity contribution in [2.24, 2.45) is 5.73 Å². The number of primary amides is 1. The maximum Gasteiger partial charge on any atom is 0.287 e. The molecule has 9 heteroatoms. The number of carbonyl (C=O) groups is 4. The largest absolute Gasteiger partial charge is 0.363 e. The molecule has 1 atom stereocenters. The molecule has 0 aliphatic carbocycles. The van der Waals surface area contributed by atoms with E-state index >= 15 is 0 Å². The molecule has 9 nitrogen and oxygen atoms in total.